The van der Waals surface area contributed by atoms with E-state index in [1.165, 1.54) is 22.8 Å². The second kappa shape index (κ2) is 7.03. The molecule has 0 saturated heterocycles. The zero-order valence-electron chi connectivity index (χ0n) is 12.3. The third kappa shape index (κ3) is 3.74. The second-order valence-corrected chi connectivity index (χ2v) is 6.81. The standard InChI is InChI=1S/C17H18Br2FN/c1-10-7-13(8-11(2)16(10)18)15(21-3)9-12-5-4-6-14(20)17(12)19/h4-8,15,21H,9H2,1-3H3. The van der Waals surface area contributed by atoms with Crippen LogP contribution in [0.3, 0.4) is 0 Å². The summed E-state index contributed by atoms with van der Waals surface area (Å²) in [5, 5.41) is 3.33. The van der Waals surface area contributed by atoms with Gasteiger partial charge in [-0.3, -0.25) is 0 Å². The van der Waals surface area contributed by atoms with Crippen molar-refractivity contribution in [1.29, 1.82) is 0 Å². The average Bonchev–Trinajstić information content (AvgIpc) is 2.46. The summed E-state index contributed by atoms with van der Waals surface area (Å²) in [7, 11) is 1.94. The first-order valence-electron chi connectivity index (χ1n) is 6.80. The minimum absolute atomic E-state index is 0.147. The molecule has 0 radical (unpaired) electrons. The fraction of sp³-hybridized carbons (Fsp3) is 0.294. The molecule has 0 aliphatic carbocycles. The molecule has 0 aliphatic heterocycles. The number of nitrogens with one attached hydrogen (secondary N) is 1. The molecule has 0 saturated carbocycles. The lowest BCUT2D eigenvalue weighted by molar-refractivity contribution is 0.579. The first-order chi connectivity index (χ1) is 9.93. The van der Waals surface area contributed by atoms with Crippen LogP contribution in [0.2, 0.25) is 0 Å². The minimum atomic E-state index is -0.217. The van der Waals surface area contributed by atoms with E-state index >= 15 is 0 Å². The molecule has 0 heterocycles. The van der Waals surface area contributed by atoms with Gasteiger partial charge in [-0.05, 0) is 71.6 Å². The van der Waals surface area contributed by atoms with Gasteiger partial charge in [0.15, 0.2) is 0 Å². The number of halogens is 3. The molecule has 4 heteroatoms. The Morgan fingerprint density at radius 1 is 1.10 bits per heavy atom. The van der Waals surface area contributed by atoms with Crippen LogP contribution in [0, 0.1) is 19.7 Å². The minimum Gasteiger partial charge on any atom is -0.313 e. The molecule has 112 valence electrons. The van der Waals surface area contributed by atoms with Crippen molar-refractivity contribution < 1.29 is 4.39 Å². The van der Waals surface area contributed by atoms with E-state index in [9.17, 15) is 4.39 Å². The van der Waals surface area contributed by atoms with E-state index in [0.717, 1.165) is 16.5 Å². The monoisotopic (exact) mass is 413 g/mol. The fourth-order valence-electron chi connectivity index (χ4n) is 2.49. The van der Waals surface area contributed by atoms with Crippen molar-refractivity contribution >= 4 is 31.9 Å². The van der Waals surface area contributed by atoms with Crippen molar-refractivity contribution in [2.45, 2.75) is 26.3 Å². The highest BCUT2D eigenvalue weighted by atomic mass is 79.9. The van der Waals surface area contributed by atoms with E-state index in [1.54, 1.807) is 6.07 Å². The van der Waals surface area contributed by atoms with Crippen LogP contribution < -0.4 is 5.32 Å². The third-order valence-corrected chi connectivity index (χ3v) is 5.80. The van der Waals surface area contributed by atoms with Gasteiger partial charge in [0.25, 0.3) is 0 Å². The number of benzene rings is 2. The Kier molecular flexibility index (Phi) is 5.58. The molecule has 0 bridgehead atoms. The largest absolute Gasteiger partial charge is 0.313 e. The number of aryl methyl sites for hydroxylation is 2. The second-order valence-electron chi connectivity index (χ2n) is 5.23. The number of hydrogen-bond donors (Lipinski definition) is 1. The lowest BCUT2D eigenvalue weighted by Gasteiger charge is -2.20. The van der Waals surface area contributed by atoms with Crippen molar-refractivity contribution in [3.63, 3.8) is 0 Å². The molecule has 1 nitrogen and oxygen atoms in total. The predicted octanol–water partition coefficient (Wildman–Crippen LogP) is 5.47. The van der Waals surface area contributed by atoms with Crippen LogP contribution in [0.25, 0.3) is 0 Å². The van der Waals surface area contributed by atoms with E-state index < -0.39 is 0 Å². The molecule has 21 heavy (non-hydrogen) atoms. The molecule has 0 aromatic heterocycles. The van der Waals surface area contributed by atoms with Gasteiger partial charge in [0.1, 0.15) is 5.82 Å². The first-order valence-corrected chi connectivity index (χ1v) is 8.39. The SMILES string of the molecule is CNC(Cc1cccc(F)c1Br)c1cc(C)c(Br)c(C)c1. The van der Waals surface area contributed by atoms with Crippen LogP contribution in [0.5, 0.6) is 0 Å². The maximum atomic E-state index is 13.6. The Morgan fingerprint density at radius 3 is 2.29 bits per heavy atom. The third-order valence-electron chi connectivity index (χ3n) is 3.67. The molecule has 0 fully saturated rings. The molecule has 0 amide bonds. The lowest BCUT2D eigenvalue weighted by atomic mass is 9.96. The summed E-state index contributed by atoms with van der Waals surface area (Å²) in [5.41, 5.74) is 4.60. The van der Waals surface area contributed by atoms with Crippen LogP contribution >= 0.6 is 31.9 Å². The van der Waals surface area contributed by atoms with Gasteiger partial charge in [-0.1, -0.05) is 40.2 Å². The normalized spacial score (nSPS) is 12.5. The highest BCUT2D eigenvalue weighted by Crippen LogP contribution is 2.29. The molecule has 1 unspecified atom stereocenters. The van der Waals surface area contributed by atoms with Crippen LogP contribution in [0.1, 0.15) is 28.3 Å². The van der Waals surface area contributed by atoms with E-state index in [1.807, 2.05) is 13.1 Å². The maximum Gasteiger partial charge on any atom is 0.137 e. The van der Waals surface area contributed by atoms with Crippen molar-refractivity contribution in [3.05, 3.63) is 67.3 Å². The zero-order valence-corrected chi connectivity index (χ0v) is 15.5. The smallest absolute Gasteiger partial charge is 0.137 e. The Bertz CT molecular complexity index is 632. The molecular formula is C17H18Br2FN. The summed E-state index contributed by atoms with van der Waals surface area (Å²) in [6.07, 6.45) is 0.732. The average molecular weight is 415 g/mol. The summed E-state index contributed by atoms with van der Waals surface area (Å²) in [4.78, 5) is 0. The summed E-state index contributed by atoms with van der Waals surface area (Å²) in [5.74, 6) is -0.217. The Labute approximate surface area is 142 Å². The molecule has 2 aromatic rings. The van der Waals surface area contributed by atoms with Gasteiger partial charge in [0.2, 0.25) is 0 Å². The van der Waals surface area contributed by atoms with Gasteiger partial charge in [0.05, 0.1) is 4.47 Å². The van der Waals surface area contributed by atoms with E-state index in [2.05, 4.69) is 63.2 Å². The zero-order chi connectivity index (χ0) is 15.6. The lowest BCUT2D eigenvalue weighted by Crippen LogP contribution is -2.19. The molecule has 1 atom stereocenters. The Morgan fingerprint density at radius 2 is 1.71 bits per heavy atom. The molecule has 2 rings (SSSR count). The summed E-state index contributed by atoms with van der Waals surface area (Å²) in [6, 6.07) is 9.66. The van der Waals surface area contributed by atoms with Crippen LogP contribution in [0.4, 0.5) is 4.39 Å². The summed E-state index contributed by atoms with van der Waals surface area (Å²) >= 11 is 6.94. The van der Waals surface area contributed by atoms with Gasteiger partial charge in [-0.25, -0.2) is 4.39 Å². The van der Waals surface area contributed by atoms with Crippen molar-refractivity contribution in [1.82, 2.24) is 5.32 Å². The Hall–Kier alpha value is -0.710. The van der Waals surface area contributed by atoms with Crippen molar-refractivity contribution in [2.75, 3.05) is 7.05 Å². The highest BCUT2D eigenvalue weighted by molar-refractivity contribution is 9.10. The van der Waals surface area contributed by atoms with Gasteiger partial charge in [0, 0.05) is 10.5 Å². The van der Waals surface area contributed by atoms with Crippen molar-refractivity contribution in [3.8, 4) is 0 Å². The van der Waals surface area contributed by atoms with Gasteiger partial charge >= 0.3 is 0 Å². The Balaban J connectivity index is 2.34. The topological polar surface area (TPSA) is 12.0 Å². The van der Waals surface area contributed by atoms with Gasteiger partial charge < -0.3 is 5.32 Å². The summed E-state index contributed by atoms with van der Waals surface area (Å²) < 4.78 is 15.3. The first kappa shape index (κ1) is 16.7. The number of rotatable bonds is 4. The predicted molar refractivity (Wildman–Crippen MR) is 93.2 cm³/mol. The van der Waals surface area contributed by atoms with Crippen LogP contribution in [0.15, 0.2) is 39.3 Å². The van der Waals surface area contributed by atoms with Crippen LogP contribution in [-0.2, 0) is 6.42 Å². The molecule has 0 aliphatic rings. The quantitative estimate of drug-likeness (QED) is 0.699. The van der Waals surface area contributed by atoms with E-state index in [4.69, 9.17) is 0 Å². The van der Waals surface area contributed by atoms with Gasteiger partial charge in [-0.2, -0.15) is 0 Å². The number of likely N-dealkylation sites (N-methyl/N-ethyl adjacent to an activating group) is 1. The van der Waals surface area contributed by atoms with Crippen LogP contribution in [-0.4, -0.2) is 7.05 Å². The van der Waals surface area contributed by atoms with Gasteiger partial charge in [-0.15, -0.1) is 0 Å². The highest BCUT2D eigenvalue weighted by Gasteiger charge is 2.15. The molecule has 0 spiro atoms. The molecule has 2 aromatic carbocycles. The van der Waals surface area contributed by atoms with E-state index in [0.29, 0.717) is 4.47 Å². The van der Waals surface area contributed by atoms with E-state index in [-0.39, 0.29) is 11.9 Å². The summed E-state index contributed by atoms with van der Waals surface area (Å²) in [6.45, 7) is 4.18. The van der Waals surface area contributed by atoms with Crippen molar-refractivity contribution in [2.24, 2.45) is 0 Å². The fourth-order valence-corrected chi connectivity index (χ4v) is 3.15. The molecular weight excluding hydrogens is 397 g/mol. The molecule has 1 N–H and O–H groups in total. The number of hydrogen-bond acceptors (Lipinski definition) is 1. The maximum absolute atomic E-state index is 13.6.